The molecule has 2 aliphatic carbocycles. The summed E-state index contributed by atoms with van der Waals surface area (Å²) < 4.78 is 0. The highest BCUT2D eigenvalue weighted by Gasteiger charge is 2.54. The second-order valence-electron chi connectivity index (χ2n) is 5.81. The lowest BCUT2D eigenvalue weighted by Gasteiger charge is -2.32. The molecule has 1 nitrogen and oxygen atoms in total. The molecule has 2 bridgehead atoms. The summed E-state index contributed by atoms with van der Waals surface area (Å²) in [5.74, 6) is 1.69. The van der Waals surface area contributed by atoms with E-state index in [0.717, 1.165) is 12.8 Å². The molecule has 1 heteroatoms. The highest BCUT2D eigenvalue weighted by atomic mass is 16.1. The van der Waals surface area contributed by atoms with E-state index in [0.29, 0.717) is 17.6 Å². The van der Waals surface area contributed by atoms with Gasteiger partial charge in [0.15, 0.2) is 0 Å². The first-order valence-electron chi connectivity index (χ1n) is 6.21. The number of carbonyl (C=O) groups is 1. The van der Waals surface area contributed by atoms with Crippen LogP contribution in [-0.2, 0) is 4.79 Å². The van der Waals surface area contributed by atoms with Crippen molar-refractivity contribution in [3.05, 3.63) is 11.6 Å². The van der Waals surface area contributed by atoms with Crippen molar-refractivity contribution in [3.63, 3.8) is 0 Å². The fraction of sp³-hybridized carbons (Fsp3) is 0.786. The quantitative estimate of drug-likeness (QED) is 0.643. The lowest BCUT2D eigenvalue weighted by Crippen LogP contribution is -2.33. The van der Waals surface area contributed by atoms with Gasteiger partial charge in [-0.3, -0.25) is 4.79 Å². The Kier molecular flexibility index (Phi) is 2.74. The van der Waals surface area contributed by atoms with Gasteiger partial charge in [-0.05, 0) is 51.9 Å². The van der Waals surface area contributed by atoms with Gasteiger partial charge in [-0.15, -0.1) is 0 Å². The van der Waals surface area contributed by atoms with Crippen LogP contribution in [0, 0.1) is 17.3 Å². The van der Waals surface area contributed by atoms with Crippen LogP contribution in [0.5, 0.6) is 0 Å². The molecule has 2 rings (SSSR count). The minimum atomic E-state index is 0.0227. The third kappa shape index (κ3) is 1.77. The Labute approximate surface area is 92.9 Å². The van der Waals surface area contributed by atoms with Crippen LogP contribution < -0.4 is 0 Å². The Bertz CT molecular complexity index is 298. The number of ketones is 1. The van der Waals surface area contributed by atoms with Gasteiger partial charge in [0.1, 0.15) is 5.78 Å². The number of Topliss-reactive ketones (excluding diaryl/α,β-unsaturated/α-hetero) is 1. The van der Waals surface area contributed by atoms with E-state index in [2.05, 4.69) is 26.8 Å². The molecule has 2 aliphatic rings. The van der Waals surface area contributed by atoms with Gasteiger partial charge in [-0.25, -0.2) is 0 Å². The van der Waals surface area contributed by atoms with E-state index in [1.807, 2.05) is 0 Å². The molecule has 0 aromatic rings. The van der Waals surface area contributed by atoms with Crippen molar-refractivity contribution in [2.75, 3.05) is 0 Å². The molecule has 0 heterocycles. The maximum atomic E-state index is 12.1. The first-order valence-corrected chi connectivity index (χ1v) is 6.21. The normalized spacial score (nSPS) is 38.5. The topological polar surface area (TPSA) is 17.1 Å². The second kappa shape index (κ2) is 3.77. The molecule has 0 aromatic carbocycles. The first kappa shape index (κ1) is 10.9. The summed E-state index contributed by atoms with van der Waals surface area (Å²) in [4.78, 5) is 12.1. The van der Waals surface area contributed by atoms with Gasteiger partial charge in [0, 0.05) is 11.3 Å². The van der Waals surface area contributed by atoms with Crippen molar-refractivity contribution in [2.45, 2.75) is 52.9 Å². The maximum Gasteiger partial charge on any atom is 0.142 e. The molecule has 15 heavy (non-hydrogen) atoms. The van der Waals surface area contributed by atoms with Gasteiger partial charge in [-0.2, -0.15) is 0 Å². The predicted octanol–water partition coefficient (Wildman–Crippen LogP) is 3.74. The summed E-state index contributed by atoms with van der Waals surface area (Å²) in [7, 11) is 0. The lowest BCUT2D eigenvalue weighted by atomic mass is 9.71. The molecule has 0 aliphatic heterocycles. The Balaban J connectivity index is 2.01. The predicted molar refractivity (Wildman–Crippen MR) is 62.6 cm³/mol. The number of allylic oxidation sites excluding steroid dienone is 2. The number of hydrogen-bond acceptors (Lipinski definition) is 1. The number of fused-ring (bicyclic) bond motifs is 2. The van der Waals surface area contributed by atoms with Gasteiger partial charge < -0.3 is 0 Å². The zero-order chi connectivity index (χ0) is 11.1. The summed E-state index contributed by atoms with van der Waals surface area (Å²) >= 11 is 0. The minimum Gasteiger partial charge on any atom is -0.299 e. The van der Waals surface area contributed by atoms with Gasteiger partial charge in [0.05, 0.1) is 0 Å². The maximum absolute atomic E-state index is 12.1. The summed E-state index contributed by atoms with van der Waals surface area (Å²) in [6.07, 6.45) is 8.06. The third-order valence-electron chi connectivity index (χ3n) is 4.48. The Morgan fingerprint density at radius 3 is 2.73 bits per heavy atom. The van der Waals surface area contributed by atoms with E-state index in [9.17, 15) is 4.79 Å². The molecule has 0 aromatic heterocycles. The van der Waals surface area contributed by atoms with E-state index in [4.69, 9.17) is 0 Å². The van der Waals surface area contributed by atoms with Crippen LogP contribution in [-0.4, -0.2) is 5.78 Å². The second-order valence-corrected chi connectivity index (χ2v) is 5.81. The molecule has 2 saturated carbocycles. The Hall–Kier alpha value is -0.590. The molecule has 0 spiro atoms. The standard InChI is InChI=1S/C14H22O/c1-10(2)5-4-8-14(3)12-7-6-11(9-12)13(14)15/h5,11-12H,4,6-9H2,1-3H3/t11-,12+,14-/m1/s1. The van der Waals surface area contributed by atoms with Crippen LogP contribution in [0.1, 0.15) is 52.9 Å². The Morgan fingerprint density at radius 2 is 2.20 bits per heavy atom. The van der Waals surface area contributed by atoms with Gasteiger partial charge in [0.25, 0.3) is 0 Å². The molecule has 3 atom stereocenters. The van der Waals surface area contributed by atoms with Gasteiger partial charge >= 0.3 is 0 Å². The van der Waals surface area contributed by atoms with E-state index < -0.39 is 0 Å². The van der Waals surface area contributed by atoms with E-state index in [1.54, 1.807) is 0 Å². The average Bonchev–Trinajstić information content (AvgIpc) is 2.70. The highest BCUT2D eigenvalue weighted by molar-refractivity contribution is 5.90. The molecule has 84 valence electrons. The van der Waals surface area contributed by atoms with Gasteiger partial charge in [0.2, 0.25) is 0 Å². The molecule has 0 unspecified atom stereocenters. The van der Waals surface area contributed by atoms with Crippen LogP contribution in [0.2, 0.25) is 0 Å². The SMILES string of the molecule is CC(C)=CCC[C@@]1(C)C(=O)[C@@H]2CC[C@H]1C2. The molecule has 2 fully saturated rings. The van der Waals surface area contributed by atoms with Crippen molar-refractivity contribution in [1.82, 2.24) is 0 Å². The van der Waals surface area contributed by atoms with Crippen molar-refractivity contribution >= 4 is 5.78 Å². The molecular formula is C14H22O. The summed E-state index contributed by atoms with van der Waals surface area (Å²) in [6, 6.07) is 0. The number of carbonyl (C=O) groups excluding carboxylic acids is 1. The van der Waals surface area contributed by atoms with Crippen LogP contribution in [0.25, 0.3) is 0 Å². The third-order valence-corrected chi connectivity index (χ3v) is 4.48. The molecule has 0 saturated heterocycles. The Morgan fingerprint density at radius 1 is 1.47 bits per heavy atom. The first-order chi connectivity index (χ1) is 7.04. The largest absolute Gasteiger partial charge is 0.299 e. The fourth-order valence-electron chi connectivity index (χ4n) is 3.45. The van der Waals surface area contributed by atoms with E-state index in [1.165, 1.54) is 24.8 Å². The zero-order valence-corrected chi connectivity index (χ0v) is 10.2. The zero-order valence-electron chi connectivity index (χ0n) is 10.2. The van der Waals surface area contributed by atoms with Crippen LogP contribution in [0.3, 0.4) is 0 Å². The summed E-state index contributed by atoms with van der Waals surface area (Å²) in [5.41, 5.74) is 1.39. The molecular weight excluding hydrogens is 184 g/mol. The number of rotatable bonds is 3. The smallest absolute Gasteiger partial charge is 0.142 e. The van der Waals surface area contributed by atoms with Crippen LogP contribution >= 0.6 is 0 Å². The van der Waals surface area contributed by atoms with E-state index >= 15 is 0 Å². The van der Waals surface area contributed by atoms with Crippen LogP contribution in [0.15, 0.2) is 11.6 Å². The molecule has 0 amide bonds. The van der Waals surface area contributed by atoms with E-state index in [-0.39, 0.29) is 5.41 Å². The monoisotopic (exact) mass is 206 g/mol. The fourth-order valence-corrected chi connectivity index (χ4v) is 3.45. The van der Waals surface area contributed by atoms with Gasteiger partial charge in [-0.1, -0.05) is 18.6 Å². The molecule has 0 N–H and O–H groups in total. The highest BCUT2D eigenvalue weighted by Crippen LogP contribution is 2.55. The summed E-state index contributed by atoms with van der Waals surface area (Å²) in [5, 5.41) is 0. The van der Waals surface area contributed by atoms with Crippen molar-refractivity contribution < 1.29 is 4.79 Å². The van der Waals surface area contributed by atoms with Crippen molar-refractivity contribution in [2.24, 2.45) is 17.3 Å². The van der Waals surface area contributed by atoms with Crippen molar-refractivity contribution in [3.8, 4) is 0 Å². The summed E-state index contributed by atoms with van der Waals surface area (Å²) in [6.45, 7) is 6.47. The average molecular weight is 206 g/mol. The van der Waals surface area contributed by atoms with Crippen LogP contribution in [0.4, 0.5) is 0 Å². The number of hydrogen-bond donors (Lipinski definition) is 0. The minimum absolute atomic E-state index is 0.0227. The molecule has 0 radical (unpaired) electrons. The lowest BCUT2D eigenvalue weighted by molar-refractivity contribution is -0.131. The van der Waals surface area contributed by atoms with Crippen molar-refractivity contribution in [1.29, 1.82) is 0 Å².